The smallest absolute Gasteiger partial charge is 0.321 e. The van der Waals surface area contributed by atoms with Crippen LogP contribution in [0, 0.1) is 5.82 Å². The average molecular weight is 331 g/mol. The third-order valence-electron chi connectivity index (χ3n) is 3.07. The standard InChI is InChI=1S/C15H21ClFN3O2/c1-3-4-8-18-15(22)19-14(21)10-20(2)9-11-12(16)6-5-7-13(11)17/h5-7H,3-4,8-10H2,1-2H3,(H2,18,19,21,22)/p+1. The molecule has 0 saturated carbocycles. The lowest BCUT2D eigenvalue weighted by molar-refractivity contribution is -0.885. The highest BCUT2D eigenvalue weighted by molar-refractivity contribution is 6.31. The van der Waals surface area contributed by atoms with Crippen molar-refractivity contribution in [2.75, 3.05) is 20.1 Å². The molecule has 122 valence electrons. The van der Waals surface area contributed by atoms with Gasteiger partial charge in [-0.3, -0.25) is 10.1 Å². The molecule has 0 heterocycles. The van der Waals surface area contributed by atoms with Gasteiger partial charge in [0.15, 0.2) is 6.54 Å². The van der Waals surface area contributed by atoms with Crippen LogP contribution in [0.5, 0.6) is 0 Å². The van der Waals surface area contributed by atoms with Crippen molar-refractivity contribution in [3.63, 3.8) is 0 Å². The molecule has 0 aliphatic rings. The second kappa shape index (κ2) is 9.38. The molecule has 0 aliphatic heterocycles. The molecule has 3 amide bonds. The van der Waals surface area contributed by atoms with Gasteiger partial charge in [-0.05, 0) is 18.6 Å². The van der Waals surface area contributed by atoms with E-state index in [4.69, 9.17) is 11.6 Å². The van der Waals surface area contributed by atoms with Gasteiger partial charge in [0, 0.05) is 6.54 Å². The predicted octanol–water partition coefficient (Wildman–Crippen LogP) is 1.12. The molecule has 22 heavy (non-hydrogen) atoms. The lowest BCUT2D eigenvalue weighted by Crippen LogP contribution is -3.09. The van der Waals surface area contributed by atoms with Crippen LogP contribution in [-0.2, 0) is 11.3 Å². The number of hydrogen-bond donors (Lipinski definition) is 3. The number of carbonyl (C=O) groups is 2. The molecule has 7 heteroatoms. The molecule has 5 nitrogen and oxygen atoms in total. The Morgan fingerprint density at radius 2 is 2.09 bits per heavy atom. The third kappa shape index (κ3) is 6.41. The van der Waals surface area contributed by atoms with Gasteiger partial charge in [0.1, 0.15) is 12.4 Å². The Hall–Kier alpha value is -1.66. The summed E-state index contributed by atoms with van der Waals surface area (Å²) in [5.74, 6) is -0.816. The zero-order valence-corrected chi connectivity index (χ0v) is 13.6. The Balaban J connectivity index is 2.43. The molecule has 1 aromatic rings. The van der Waals surface area contributed by atoms with Crippen LogP contribution in [0.2, 0.25) is 5.02 Å². The number of carbonyl (C=O) groups excluding carboxylic acids is 2. The van der Waals surface area contributed by atoms with E-state index in [1.54, 1.807) is 13.1 Å². The van der Waals surface area contributed by atoms with Crippen molar-refractivity contribution in [3.8, 4) is 0 Å². The van der Waals surface area contributed by atoms with Gasteiger partial charge in [-0.2, -0.15) is 0 Å². The minimum Gasteiger partial charge on any atom is -0.338 e. The van der Waals surface area contributed by atoms with Gasteiger partial charge in [-0.25, -0.2) is 9.18 Å². The van der Waals surface area contributed by atoms with E-state index in [0.29, 0.717) is 17.1 Å². The summed E-state index contributed by atoms with van der Waals surface area (Å²) in [4.78, 5) is 23.9. The van der Waals surface area contributed by atoms with Crippen molar-refractivity contribution in [3.05, 3.63) is 34.6 Å². The predicted molar refractivity (Wildman–Crippen MR) is 83.3 cm³/mol. The fourth-order valence-electron chi connectivity index (χ4n) is 1.93. The monoisotopic (exact) mass is 330 g/mol. The summed E-state index contributed by atoms with van der Waals surface area (Å²) in [6.07, 6.45) is 1.82. The Bertz CT molecular complexity index is 505. The van der Waals surface area contributed by atoms with Crippen molar-refractivity contribution < 1.29 is 18.9 Å². The van der Waals surface area contributed by atoms with E-state index in [1.807, 2.05) is 6.92 Å². The maximum Gasteiger partial charge on any atom is 0.321 e. The largest absolute Gasteiger partial charge is 0.338 e. The number of rotatable bonds is 7. The lowest BCUT2D eigenvalue weighted by atomic mass is 10.2. The topological polar surface area (TPSA) is 62.6 Å². The quantitative estimate of drug-likeness (QED) is 0.656. The van der Waals surface area contributed by atoms with Crippen molar-refractivity contribution >= 4 is 23.5 Å². The number of halogens is 2. The second-order valence-electron chi connectivity index (χ2n) is 5.17. The SMILES string of the molecule is CCCCNC(=O)NC(=O)C[NH+](C)Cc1c(F)cccc1Cl. The summed E-state index contributed by atoms with van der Waals surface area (Å²) in [6, 6.07) is 3.96. The Labute approximate surface area is 134 Å². The van der Waals surface area contributed by atoms with Crippen LogP contribution < -0.4 is 15.5 Å². The van der Waals surface area contributed by atoms with Crippen molar-refractivity contribution in [2.45, 2.75) is 26.3 Å². The van der Waals surface area contributed by atoms with E-state index >= 15 is 0 Å². The van der Waals surface area contributed by atoms with E-state index in [2.05, 4.69) is 10.6 Å². The fraction of sp³-hybridized carbons (Fsp3) is 0.467. The summed E-state index contributed by atoms with van der Waals surface area (Å²) in [7, 11) is 1.73. The maximum absolute atomic E-state index is 13.7. The second-order valence-corrected chi connectivity index (χ2v) is 5.58. The van der Waals surface area contributed by atoms with Gasteiger partial charge in [0.2, 0.25) is 0 Å². The first-order chi connectivity index (χ1) is 10.4. The first-order valence-corrected chi connectivity index (χ1v) is 7.63. The van der Waals surface area contributed by atoms with Gasteiger partial charge in [-0.15, -0.1) is 0 Å². The highest BCUT2D eigenvalue weighted by Gasteiger charge is 2.16. The molecule has 0 spiro atoms. The number of likely N-dealkylation sites (N-methyl/N-ethyl adjacent to an activating group) is 1. The van der Waals surface area contributed by atoms with Crippen molar-refractivity contribution in [1.82, 2.24) is 10.6 Å². The van der Waals surface area contributed by atoms with Gasteiger partial charge < -0.3 is 10.2 Å². The maximum atomic E-state index is 13.7. The average Bonchev–Trinajstić information content (AvgIpc) is 2.43. The molecule has 0 radical (unpaired) electrons. The number of imide groups is 1. The normalized spacial score (nSPS) is 11.8. The Morgan fingerprint density at radius 1 is 1.36 bits per heavy atom. The summed E-state index contributed by atoms with van der Waals surface area (Å²) >= 11 is 5.95. The summed E-state index contributed by atoms with van der Waals surface area (Å²) < 4.78 is 13.7. The highest BCUT2D eigenvalue weighted by Crippen LogP contribution is 2.17. The summed E-state index contributed by atoms with van der Waals surface area (Å²) in [6.45, 7) is 2.85. The van der Waals surface area contributed by atoms with Crippen LogP contribution in [-0.4, -0.2) is 32.1 Å². The molecule has 0 aliphatic carbocycles. The Kier molecular flexibility index (Phi) is 7.84. The summed E-state index contributed by atoms with van der Waals surface area (Å²) in [5.41, 5.74) is 0.363. The number of nitrogens with one attached hydrogen (secondary N) is 3. The molecule has 1 aromatic carbocycles. The van der Waals surface area contributed by atoms with Crippen molar-refractivity contribution in [2.24, 2.45) is 0 Å². The van der Waals surface area contributed by atoms with Gasteiger partial charge in [0.05, 0.1) is 17.6 Å². The zero-order valence-electron chi connectivity index (χ0n) is 12.8. The lowest BCUT2D eigenvalue weighted by Gasteiger charge is -2.15. The molecule has 0 saturated heterocycles. The first-order valence-electron chi connectivity index (χ1n) is 7.26. The minimum absolute atomic E-state index is 0.0475. The Morgan fingerprint density at radius 3 is 2.73 bits per heavy atom. The van der Waals surface area contributed by atoms with E-state index in [0.717, 1.165) is 17.7 Å². The minimum atomic E-state index is -0.504. The first kappa shape index (κ1) is 18.4. The molecule has 1 unspecified atom stereocenters. The molecule has 3 N–H and O–H groups in total. The van der Waals surface area contributed by atoms with Crippen LogP contribution in [0.3, 0.4) is 0 Å². The molecule has 0 fully saturated rings. The molecular formula is C15H22ClFN3O2+. The highest BCUT2D eigenvalue weighted by atomic mass is 35.5. The third-order valence-corrected chi connectivity index (χ3v) is 3.43. The van der Waals surface area contributed by atoms with Crippen LogP contribution >= 0.6 is 11.6 Å². The number of amides is 3. The molecule has 0 bridgehead atoms. The number of hydrogen-bond acceptors (Lipinski definition) is 2. The van der Waals surface area contributed by atoms with E-state index in [1.165, 1.54) is 12.1 Å². The van der Waals surface area contributed by atoms with Crippen LogP contribution in [0.4, 0.5) is 9.18 Å². The number of benzene rings is 1. The number of unbranched alkanes of at least 4 members (excludes halogenated alkanes) is 1. The summed E-state index contributed by atoms with van der Waals surface area (Å²) in [5, 5.41) is 5.17. The van der Waals surface area contributed by atoms with E-state index < -0.39 is 17.8 Å². The van der Waals surface area contributed by atoms with Crippen LogP contribution in [0.1, 0.15) is 25.3 Å². The van der Waals surface area contributed by atoms with Gasteiger partial charge in [-0.1, -0.05) is 31.0 Å². The van der Waals surface area contributed by atoms with Crippen LogP contribution in [0.15, 0.2) is 18.2 Å². The molecule has 1 atom stereocenters. The number of urea groups is 1. The molecule has 1 rings (SSSR count). The van der Waals surface area contributed by atoms with Gasteiger partial charge >= 0.3 is 6.03 Å². The van der Waals surface area contributed by atoms with Crippen molar-refractivity contribution in [1.29, 1.82) is 0 Å². The van der Waals surface area contributed by atoms with Gasteiger partial charge in [0.25, 0.3) is 5.91 Å². The molecular weight excluding hydrogens is 309 g/mol. The van der Waals surface area contributed by atoms with Crippen LogP contribution in [0.25, 0.3) is 0 Å². The van der Waals surface area contributed by atoms with E-state index in [9.17, 15) is 14.0 Å². The molecule has 0 aromatic heterocycles. The number of quaternary nitrogens is 1. The van der Waals surface area contributed by atoms with E-state index in [-0.39, 0.29) is 13.1 Å². The zero-order chi connectivity index (χ0) is 16.5. The fourth-order valence-corrected chi connectivity index (χ4v) is 2.16.